The molecule has 0 aliphatic rings. The van der Waals surface area contributed by atoms with Crippen molar-refractivity contribution in [2.75, 3.05) is 5.32 Å². The molecule has 1 unspecified atom stereocenters. The highest BCUT2D eigenvalue weighted by molar-refractivity contribution is 9.10. The highest BCUT2D eigenvalue weighted by Crippen LogP contribution is 2.25. The van der Waals surface area contributed by atoms with E-state index in [-0.39, 0.29) is 11.9 Å². The van der Waals surface area contributed by atoms with Gasteiger partial charge in [0.2, 0.25) is 0 Å². The van der Waals surface area contributed by atoms with Crippen LogP contribution in [0, 0.1) is 17.1 Å². The molecule has 0 heterocycles. The fraction of sp³-hybridized carbons (Fsp3) is 0.133. The lowest BCUT2D eigenvalue weighted by atomic mass is 10.1. The molecule has 0 spiro atoms. The second-order valence-electron chi connectivity index (χ2n) is 4.19. The molecule has 0 saturated heterocycles. The number of nitriles is 1. The molecule has 0 aliphatic carbocycles. The lowest BCUT2D eigenvalue weighted by molar-refractivity contribution is 0.599. The third kappa shape index (κ3) is 3.12. The van der Waals surface area contributed by atoms with Crippen LogP contribution in [0.25, 0.3) is 0 Å². The minimum absolute atomic E-state index is 0.220. The summed E-state index contributed by atoms with van der Waals surface area (Å²) in [6.07, 6.45) is 0. The summed E-state index contributed by atoms with van der Waals surface area (Å²) in [5.41, 5.74) is 1.82. The van der Waals surface area contributed by atoms with Crippen LogP contribution in [0.1, 0.15) is 24.1 Å². The molecule has 19 heavy (non-hydrogen) atoms. The molecule has 4 heteroatoms. The zero-order chi connectivity index (χ0) is 13.8. The SMILES string of the molecule is CC(Nc1ccccc1C#N)c1ccc(Br)cc1F. The molecule has 0 amide bonds. The van der Waals surface area contributed by atoms with Crippen LogP contribution < -0.4 is 5.32 Å². The Hall–Kier alpha value is -1.86. The Morgan fingerprint density at radius 2 is 2.00 bits per heavy atom. The third-order valence-corrected chi connectivity index (χ3v) is 3.34. The summed E-state index contributed by atoms with van der Waals surface area (Å²) in [7, 11) is 0. The minimum atomic E-state index is -0.274. The third-order valence-electron chi connectivity index (χ3n) is 2.85. The Balaban J connectivity index is 2.26. The summed E-state index contributed by atoms with van der Waals surface area (Å²) in [5, 5.41) is 12.2. The molecule has 2 aromatic carbocycles. The zero-order valence-corrected chi connectivity index (χ0v) is 11.9. The van der Waals surface area contributed by atoms with Gasteiger partial charge in [0.05, 0.1) is 17.3 Å². The van der Waals surface area contributed by atoms with E-state index >= 15 is 0 Å². The Labute approximate surface area is 120 Å². The van der Waals surface area contributed by atoms with Crippen molar-refractivity contribution in [1.82, 2.24) is 0 Å². The van der Waals surface area contributed by atoms with Crippen LogP contribution in [0.5, 0.6) is 0 Å². The number of hydrogen-bond acceptors (Lipinski definition) is 2. The monoisotopic (exact) mass is 318 g/mol. The summed E-state index contributed by atoms with van der Waals surface area (Å²) in [6.45, 7) is 1.86. The molecule has 0 aromatic heterocycles. The van der Waals surface area contributed by atoms with Crippen molar-refractivity contribution in [2.24, 2.45) is 0 Å². The van der Waals surface area contributed by atoms with Gasteiger partial charge in [-0.15, -0.1) is 0 Å². The average molecular weight is 319 g/mol. The topological polar surface area (TPSA) is 35.8 Å². The Bertz CT molecular complexity index is 634. The van der Waals surface area contributed by atoms with E-state index < -0.39 is 0 Å². The summed E-state index contributed by atoms with van der Waals surface area (Å²) < 4.78 is 14.6. The van der Waals surface area contributed by atoms with Crippen LogP contribution in [0.15, 0.2) is 46.9 Å². The molecular formula is C15H12BrFN2. The van der Waals surface area contributed by atoms with Gasteiger partial charge in [0, 0.05) is 10.0 Å². The van der Waals surface area contributed by atoms with Gasteiger partial charge in [-0.3, -0.25) is 0 Å². The van der Waals surface area contributed by atoms with Crippen LogP contribution in [0.3, 0.4) is 0 Å². The number of nitrogens with zero attached hydrogens (tertiary/aromatic N) is 1. The fourth-order valence-electron chi connectivity index (χ4n) is 1.87. The van der Waals surface area contributed by atoms with Crippen LogP contribution >= 0.6 is 15.9 Å². The number of halogens is 2. The molecule has 1 atom stereocenters. The molecule has 0 fully saturated rings. The van der Waals surface area contributed by atoms with Crippen molar-refractivity contribution in [3.8, 4) is 6.07 Å². The average Bonchev–Trinajstić information content (AvgIpc) is 2.39. The highest BCUT2D eigenvalue weighted by Gasteiger charge is 2.12. The van der Waals surface area contributed by atoms with Gasteiger partial charge < -0.3 is 5.32 Å². The molecule has 2 nitrogen and oxygen atoms in total. The molecule has 0 saturated carbocycles. The first kappa shape index (κ1) is 13.6. The lowest BCUT2D eigenvalue weighted by Crippen LogP contribution is -2.09. The van der Waals surface area contributed by atoms with Gasteiger partial charge in [0.15, 0.2) is 0 Å². The number of anilines is 1. The Morgan fingerprint density at radius 1 is 1.26 bits per heavy atom. The van der Waals surface area contributed by atoms with Gasteiger partial charge in [-0.25, -0.2) is 4.39 Å². The predicted molar refractivity (Wildman–Crippen MR) is 77.3 cm³/mol. The van der Waals surface area contributed by atoms with E-state index in [1.54, 1.807) is 24.3 Å². The molecule has 1 N–H and O–H groups in total. The second kappa shape index (κ2) is 5.85. The van der Waals surface area contributed by atoms with Crippen LogP contribution in [-0.4, -0.2) is 0 Å². The summed E-state index contributed by atoms with van der Waals surface area (Å²) in [6, 6.07) is 14.0. The second-order valence-corrected chi connectivity index (χ2v) is 5.10. The largest absolute Gasteiger partial charge is 0.377 e. The van der Waals surface area contributed by atoms with Crippen molar-refractivity contribution in [1.29, 1.82) is 5.26 Å². The van der Waals surface area contributed by atoms with Crippen molar-refractivity contribution < 1.29 is 4.39 Å². The fourth-order valence-corrected chi connectivity index (χ4v) is 2.20. The number of hydrogen-bond donors (Lipinski definition) is 1. The van der Waals surface area contributed by atoms with E-state index in [0.29, 0.717) is 21.3 Å². The first-order chi connectivity index (χ1) is 9.11. The van der Waals surface area contributed by atoms with Crippen molar-refractivity contribution >= 4 is 21.6 Å². The minimum Gasteiger partial charge on any atom is -0.377 e. The number of benzene rings is 2. The van der Waals surface area contributed by atoms with E-state index in [1.807, 2.05) is 19.1 Å². The quantitative estimate of drug-likeness (QED) is 0.895. The van der Waals surface area contributed by atoms with Gasteiger partial charge in [0.1, 0.15) is 11.9 Å². The Morgan fingerprint density at radius 3 is 2.68 bits per heavy atom. The van der Waals surface area contributed by atoms with E-state index in [1.165, 1.54) is 6.07 Å². The first-order valence-electron chi connectivity index (χ1n) is 5.82. The van der Waals surface area contributed by atoms with E-state index in [0.717, 1.165) is 0 Å². The molecular weight excluding hydrogens is 307 g/mol. The van der Waals surface area contributed by atoms with Crippen molar-refractivity contribution in [3.63, 3.8) is 0 Å². The van der Waals surface area contributed by atoms with Crippen LogP contribution in [-0.2, 0) is 0 Å². The summed E-state index contributed by atoms with van der Waals surface area (Å²) in [5.74, 6) is -0.274. The molecule has 0 radical (unpaired) electrons. The zero-order valence-electron chi connectivity index (χ0n) is 10.3. The van der Waals surface area contributed by atoms with Gasteiger partial charge in [-0.2, -0.15) is 5.26 Å². The van der Waals surface area contributed by atoms with E-state index in [9.17, 15) is 4.39 Å². The molecule has 0 aliphatic heterocycles. The smallest absolute Gasteiger partial charge is 0.129 e. The summed E-state index contributed by atoms with van der Waals surface area (Å²) >= 11 is 3.23. The standard InChI is InChI=1S/C15H12BrFN2/c1-10(13-7-6-12(16)8-14(13)17)19-15-5-3-2-4-11(15)9-18/h2-8,10,19H,1H3. The van der Waals surface area contributed by atoms with Crippen molar-refractivity contribution in [2.45, 2.75) is 13.0 Å². The highest BCUT2D eigenvalue weighted by atomic mass is 79.9. The maximum Gasteiger partial charge on any atom is 0.129 e. The Kier molecular flexibility index (Phi) is 4.18. The normalized spacial score (nSPS) is 11.7. The van der Waals surface area contributed by atoms with Gasteiger partial charge >= 0.3 is 0 Å². The van der Waals surface area contributed by atoms with Crippen LogP contribution in [0.2, 0.25) is 0 Å². The molecule has 2 rings (SSSR count). The predicted octanol–water partition coefficient (Wildman–Crippen LogP) is 4.63. The van der Waals surface area contributed by atoms with E-state index in [4.69, 9.17) is 5.26 Å². The molecule has 2 aromatic rings. The molecule has 0 bridgehead atoms. The van der Waals surface area contributed by atoms with Crippen molar-refractivity contribution in [3.05, 3.63) is 63.9 Å². The van der Waals surface area contributed by atoms with Gasteiger partial charge in [-0.05, 0) is 31.2 Å². The van der Waals surface area contributed by atoms with Crippen LogP contribution in [0.4, 0.5) is 10.1 Å². The summed E-state index contributed by atoms with van der Waals surface area (Å²) in [4.78, 5) is 0. The van der Waals surface area contributed by atoms with Gasteiger partial charge in [0.25, 0.3) is 0 Å². The van der Waals surface area contributed by atoms with E-state index in [2.05, 4.69) is 27.3 Å². The number of para-hydroxylation sites is 1. The maximum absolute atomic E-state index is 13.9. The molecule has 96 valence electrons. The number of nitrogens with one attached hydrogen (secondary N) is 1. The number of rotatable bonds is 3. The maximum atomic E-state index is 13.9. The van der Waals surface area contributed by atoms with Gasteiger partial charge in [-0.1, -0.05) is 34.1 Å². The lowest BCUT2D eigenvalue weighted by Gasteiger charge is -2.17. The first-order valence-corrected chi connectivity index (χ1v) is 6.61.